The van der Waals surface area contributed by atoms with Gasteiger partial charge in [-0.15, -0.1) is 11.3 Å². The number of nitrogens with zero attached hydrogens (tertiary/aromatic N) is 4. The van der Waals surface area contributed by atoms with Gasteiger partial charge in [-0.1, -0.05) is 17.7 Å². The SMILES string of the molecule is CN(C)c1ccc(CN2CCCN(Cc3nccs3)CC2)c(Cl)c1. The highest BCUT2D eigenvalue weighted by molar-refractivity contribution is 7.09. The van der Waals surface area contributed by atoms with Crippen LogP contribution in [0.3, 0.4) is 0 Å². The second-order valence-electron chi connectivity index (χ2n) is 6.50. The summed E-state index contributed by atoms with van der Waals surface area (Å²) in [6.07, 6.45) is 3.09. The van der Waals surface area contributed by atoms with E-state index in [0.717, 1.165) is 50.0 Å². The second kappa shape index (κ2) is 8.30. The van der Waals surface area contributed by atoms with E-state index in [1.807, 2.05) is 20.3 Å². The molecule has 4 nitrogen and oxygen atoms in total. The Bertz CT molecular complexity index is 644. The van der Waals surface area contributed by atoms with E-state index < -0.39 is 0 Å². The smallest absolute Gasteiger partial charge is 0.107 e. The van der Waals surface area contributed by atoms with Crippen molar-refractivity contribution in [2.24, 2.45) is 0 Å². The van der Waals surface area contributed by atoms with Crippen molar-refractivity contribution in [2.75, 3.05) is 45.2 Å². The standard InChI is InChI=1S/C18H25ClN4S/c1-21(2)16-5-4-15(17(19)12-16)13-22-7-3-8-23(10-9-22)14-18-20-6-11-24-18/h4-6,11-12H,3,7-10,13-14H2,1-2H3. The van der Waals surface area contributed by atoms with Crippen LogP contribution in [0, 0.1) is 0 Å². The third-order valence-corrected chi connectivity index (χ3v) is 5.59. The van der Waals surface area contributed by atoms with Gasteiger partial charge in [-0.3, -0.25) is 9.80 Å². The minimum Gasteiger partial charge on any atom is -0.378 e. The summed E-state index contributed by atoms with van der Waals surface area (Å²) in [7, 11) is 4.08. The van der Waals surface area contributed by atoms with E-state index in [1.165, 1.54) is 17.0 Å². The monoisotopic (exact) mass is 364 g/mol. The molecule has 0 unspecified atom stereocenters. The molecule has 1 aromatic heterocycles. The first kappa shape index (κ1) is 17.7. The molecule has 6 heteroatoms. The minimum absolute atomic E-state index is 0.866. The number of benzene rings is 1. The van der Waals surface area contributed by atoms with E-state index >= 15 is 0 Å². The maximum absolute atomic E-state index is 6.49. The number of anilines is 1. The lowest BCUT2D eigenvalue weighted by molar-refractivity contribution is 0.247. The van der Waals surface area contributed by atoms with Crippen LogP contribution >= 0.6 is 22.9 Å². The number of aromatic nitrogens is 1. The Balaban J connectivity index is 1.56. The molecule has 0 N–H and O–H groups in total. The van der Waals surface area contributed by atoms with Crippen molar-refractivity contribution in [1.29, 1.82) is 0 Å². The lowest BCUT2D eigenvalue weighted by Gasteiger charge is -2.22. The lowest BCUT2D eigenvalue weighted by atomic mass is 10.2. The van der Waals surface area contributed by atoms with Crippen LogP contribution in [0.4, 0.5) is 5.69 Å². The van der Waals surface area contributed by atoms with Gasteiger partial charge in [0.1, 0.15) is 5.01 Å². The van der Waals surface area contributed by atoms with Crippen LogP contribution in [-0.4, -0.2) is 55.1 Å². The van der Waals surface area contributed by atoms with Crippen LogP contribution in [0.5, 0.6) is 0 Å². The number of rotatable bonds is 5. The fraction of sp³-hybridized carbons (Fsp3) is 0.500. The molecule has 130 valence electrons. The maximum atomic E-state index is 6.49. The fourth-order valence-corrected chi connectivity index (χ4v) is 3.94. The number of halogens is 1. The largest absolute Gasteiger partial charge is 0.378 e. The van der Waals surface area contributed by atoms with Crippen LogP contribution in [0.2, 0.25) is 5.02 Å². The molecule has 0 radical (unpaired) electrons. The van der Waals surface area contributed by atoms with Crippen molar-refractivity contribution in [2.45, 2.75) is 19.5 Å². The number of thiazole rings is 1. The Morgan fingerprint density at radius 3 is 2.50 bits per heavy atom. The van der Waals surface area contributed by atoms with Gasteiger partial charge < -0.3 is 4.90 Å². The molecule has 1 aromatic carbocycles. The summed E-state index contributed by atoms with van der Waals surface area (Å²) in [5.74, 6) is 0. The zero-order chi connectivity index (χ0) is 16.9. The first-order chi connectivity index (χ1) is 11.6. The fourth-order valence-electron chi connectivity index (χ4n) is 3.05. The van der Waals surface area contributed by atoms with E-state index in [-0.39, 0.29) is 0 Å². The molecule has 1 aliphatic rings. The van der Waals surface area contributed by atoms with E-state index in [1.54, 1.807) is 11.3 Å². The molecule has 0 amide bonds. The van der Waals surface area contributed by atoms with E-state index in [4.69, 9.17) is 11.6 Å². The molecule has 1 fully saturated rings. The molecule has 24 heavy (non-hydrogen) atoms. The number of hydrogen-bond donors (Lipinski definition) is 0. The second-order valence-corrected chi connectivity index (χ2v) is 7.89. The molecule has 0 aliphatic carbocycles. The summed E-state index contributed by atoms with van der Waals surface area (Å²) in [5, 5.41) is 4.13. The van der Waals surface area contributed by atoms with Gasteiger partial charge in [0.15, 0.2) is 0 Å². The average molecular weight is 365 g/mol. The van der Waals surface area contributed by atoms with Crippen LogP contribution < -0.4 is 4.90 Å². The highest BCUT2D eigenvalue weighted by Gasteiger charge is 2.17. The average Bonchev–Trinajstić information content (AvgIpc) is 2.96. The van der Waals surface area contributed by atoms with Crippen molar-refractivity contribution < 1.29 is 0 Å². The Morgan fingerprint density at radius 1 is 1.12 bits per heavy atom. The molecule has 1 aliphatic heterocycles. The summed E-state index contributed by atoms with van der Waals surface area (Å²) < 4.78 is 0. The molecule has 2 heterocycles. The maximum Gasteiger partial charge on any atom is 0.107 e. The van der Waals surface area contributed by atoms with Gasteiger partial charge >= 0.3 is 0 Å². The first-order valence-electron chi connectivity index (χ1n) is 8.40. The summed E-state index contributed by atoms with van der Waals surface area (Å²) in [4.78, 5) is 11.5. The summed E-state index contributed by atoms with van der Waals surface area (Å²) in [5.41, 5.74) is 2.37. The zero-order valence-electron chi connectivity index (χ0n) is 14.4. The molecule has 0 atom stereocenters. The van der Waals surface area contributed by atoms with E-state index in [2.05, 4.69) is 43.3 Å². The van der Waals surface area contributed by atoms with E-state index in [0.29, 0.717) is 0 Å². The van der Waals surface area contributed by atoms with Crippen LogP contribution in [0.1, 0.15) is 17.0 Å². The van der Waals surface area contributed by atoms with Gasteiger partial charge in [-0.25, -0.2) is 4.98 Å². The Kier molecular flexibility index (Phi) is 6.11. The van der Waals surface area contributed by atoms with Crippen LogP contribution in [0.15, 0.2) is 29.8 Å². The van der Waals surface area contributed by atoms with Gasteiger partial charge in [0.2, 0.25) is 0 Å². The highest BCUT2D eigenvalue weighted by atomic mass is 35.5. The summed E-state index contributed by atoms with van der Waals surface area (Å²) in [6, 6.07) is 6.37. The summed E-state index contributed by atoms with van der Waals surface area (Å²) >= 11 is 8.23. The molecular formula is C18H25ClN4S. The normalized spacial score (nSPS) is 17.0. The molecule has 0 spiro atoms. The van der Waals surface area contributed by atoms with Crippen molar-refractivity contribution in [3.05, 3.63) is 45.4 Å². The van der Waals surface area contributed by atoms with Crippen LogP contribution in [0.25, 0.3) is 0 Å². The van der Waals surface area contributed by atoms with Crippen molar-refractivity contribution in [1.82, 2.24) is 14.8 Å². The van der Waals surface area contributed by atoms with E-state index in [9.17, 15) is 0 Å². The Morgan fingerprint density at radius 2 is 1.88 bits per heavy atom. The first-order valence-corrected chi connectivity index (χ1v) is 9.66. The molecular weight excluding hydrogens is 340 g/mol. The molecule has 1 saturated heterocycles. The highest BCUT2D eigenvalue weighted by Crippen LogP contribution is 2.24. The van der Waals surface area contributed by atoms with Gasteiger partial charge in [0.25, 0.3) is 0 Å². The van der Waals surface area contributed by atoms with Gasteiger partial charge in [0.05, 0.1) is 6.54 Å². The lowest BCUT2D eigenvalue weighted by Crippen LogP contribution is -2.30. The molecule has 3 rings (SSSR count). The summed E-state index contributed by atoms with van der Waals surface area (Å²) in [6.45, 7) is 6.34. The quantitative estimate of drug-likeness (QED) is 0.808. The van der Waals surface area contributed by atoms with Gasteiger partial charge in [0, 0.05) is 56.0 Å². The topological polar surface area (TPSA) is 22.6 Å². The van der Waals surface area contributed by atoms with Crippen molar-refractivity contribution in [3.8, 4) is 0 Å². The minimum atomic E-state index is 0.866. The predicted octanol–water partition coefficient (Wildman–Crippen LogP) is 3.57. The third kappa shape index (κ3) is 4.70. The molecule has 2 aromatic rings. The van der Waals surface area contributed by atoms with Gasteiger partial charge in [-0.2, -0.15) is 0 Å². The Labute approximate surface area is 153 Å². The zero-order valence-corrected chi connectivity index (χ0v) is 16.0. The molecule has 0 saturated carbocycles. The third-order valence-electron chi connectivity index (χ3n) is 4.47. The van der Waals surface area contributed by atoms with Crippen molar-refractivity contribution >= 4 is 28.6 Å². The Hall–Kier alpha value is -1.14. The molecule has 0 bridgehead atoms. The van der Waals surface area contributed by atoms with Crippen LogP contribution in [-0.2, 0) is 13.1 Å². The predicted molar refractivity (Wildman–Crippen MR) is 103 cm³/mol. The van der Waals surface area contributed by atoms with Gasteiger partial charge in [-0.05, 0) is 37.2 Å². The number of hydrogen-bond acceptors (Lipinski definition) is 5. The van der Waals surface area contributed by atoms with Crippen molar-refractivity contribution in [3.63, 3.8) is 0 Å².